The lowest BCUT2D eigenvalue weighted by Crippen LogP contribution is -2.33. The molecule has 0 aliphatic carbocycles. The van der Waals surface area contributed by atoms with Gasteiger partial charge in [-0.3, -0.25) is 9.10 Å². The second kappa shape index (κ2) is 7.49. The number of amides is 1. The number of hydrogen-bond donors (Lipinski definition) is 1. The smallest absolute Gasteiger partial charge is 0.255 e. The molecular formula is C15H24N2O4S. The average molecular weight is 328 g/mol. The van der Waals surface area contributed by atoms with Gasteiger partial charge in [-0.05, 0) is 31.5 Å². The van der Waals surface area contributed by atoms with Crippen molar-refractivity contribution in [3.63, 3.8) is 0 Å². The highest BCUT2D eigenvalue weighted by Crippen LogP contribution is 2.25. The number of nitrogens with zero attached hydrogens (tertiary/aromatic N) is 1. The highest BCUT2D eigenvalue weighted by Gasteiger charge is 2.19. The van der Waals surface area contributed by atoms with Crippen molar-refractivity contribution < 1.29 is 17.9 Å². The van der Waals surface area contributed by atoms with E-state index < -0.39 is 10.0 Å². The molecule has 0 heterocycles. The maximum absolute atomic E-state index is 12.4. The zero-order valence-electron chi connectivity index (χ0n) is 13.7. The van der Waals surface area contributed by atoms with Crippen molar-refractivity contribution in [2.75, 3.05) is 24.7 Å². The second-order valence-corrected chi connectivity index (χ2v) is 7.29. The van der Waals surface area contributed by atoms with Crippen molar-refractivity contribution in [2.24, 2.45) is 0 Å². The second-order valence-electron chi connectivity index (χ2n) is 5.28. The molecule has 0 aromatic heterocycles. The van der Waals surface area contributed by atoms with Crippen LogP contribution in [0.15, 0.2) is 18.2 Å². The van der Waals surface area contributed by atoms with Gasteiger partial charge < -0.3 is 10.1 Å². The van der Waals surface area contributed by atoms with Gasteiger partial charge in [0.15, 0.2) is 0 Å². The Hall–Kier alpha value is -1.76. The van der Waals surface area contributed by atoms with E-state index in [1.165, 1.54) is 20.2 Å². The number of ether oxygens (including phenoxy) is 1. The lowest BCUT2D eigenvalue weighted by molar-refractivity contribution is 0.0935. The number of sulfonamides is 1. The minimum absolute atomic E-state index is 0.0403. The topological polar surface area (TPSA) is 75.7 Å². The Balaban J connectivity index is 3.14. The molecule has 0 saturated carbocycles. The summed E-state index contributed by atoms with van der Waals surface area (Å²) >= 11 is 0. The van der Waals surface area contributed by atoms with E-state index in [2.05, 4.69) is 5.32 Å². The van der Waals surface area contributed by atoms with Crippen LogP contribution in [-0.2, 0) is 10.0 Å². The Bertz CT molecular complexity index is 628. The van der Waals surface area contributed by atoms with Crippen LogP contribution >= 0.6 is 0 Å². The number of nitrogens with one attached hydrogen (secondary N) is 1. The minimum Gasteiger partial charge on any atom is -0.496 e. The van der Waals surface area contributed by atoms with Crippen molar-refractivity contribution in [1.29, 1.82) is 0 Å². The number of rotatable bonds is 7. The SMILES string of the molecule is CCC[C@@H](C)NC(=O)c1cc(N(C)S(C)(=O)=O)ccc1OC. The highest BCUT2D eigenvalue weighted by atomic mass is 32.2. The number of methoxy groups -OCH3 is 1. The van der Waals surface area contributed by atoms with Gasteiger partial charge >= 0.3 is 0 Å². The van der Waals surface area contributed by atoms with Gasteiger partial charge in [0.25, 0.3) is 5.91 Å². The van der Waals surface area contributed by atoms with Gasteiger partial charge in [0.05, 0.1) is 24.6 Å². The van der Waals surface area contributed by atoms with Crippen LogP contribution in [0.25, 0.3) is 0 Å². The molecule has 7 heteroatoms. The highest BCUT2D eigenvalue weighted by molar-refractivity contribution is 7.92. The fourth-order valence-corrected chi connectivity index (χ4v) is 2.56. The maximum atomic E-state index is 12.4. The Morgan fingerprint density at radius 1 is 1.41 bits per heavy atom. The summed E-state index contributed by atoms with van der Waals surface area (Å²) in [6.07, 6.45) is 2.95. The summed E-state index contributed by atoms with van der Waals surface area (Å²) in [5.74, 6) is 0.133. The zero-order chi connectivity index (χ0) is 16.9. The Morgan fingerprint density at radius 3 is 2.55 bits per heavy atom. The summed E-state index contributed by atoms with van der Waals surface area (Å²) in [7, 11) is -0.472. The molecule has 1 aromatic carbocycles. The first-order valence-electron chi connectivity index (χ1n) is 7.13. The van der Waals surface area contributed by atoms with Crippen molar-refractivity contribution in [3.8, 4) is 5.75 Å². The van der Waals surface area contributed by atoms with Gasteiger partial charge in [0, 0.05) is 13.1 Å². The number of benzene rings is 1. The average Bonchev–Trinajstić information content (AvgIpc) is 2.44. The Morgan fingerprint density at radius 2 is 2.05 bits per heavy atom. The fraction of sp³-hybridized carbons (Fsp3) is 0.533. The van der Waals surface area contributed by atoms with E-state index in [1.807, 2.05) is 13.8 Å². The largest absolute Gasteiger partial charge is 0.496 e. The molecule has 124 valence electrons. The first-order valence-corrected chi connectivity index (χ1v) is 8.98. The van der Waals surface area contributed by atoms with Crippen LogP contribution < -0.4 is 14.4 Å². The predicted octanol–water partition coefficient (Wildman–Crippen LogP) is 2.01. The molecule has 6 nitrogen and oxygen atoms in total. The molecule has 1 rings (SSSR count). The van der Waals surface area contributed by atoms with Gasteiger partial charge in [-0.2, -0.15) is 0 Å². The molecule has 0 saturated heterocycles. The summed E-state index contributed by atoms with van der Waals surface area (Å²) < 4.78 is 29.6. The van der Waals surface area contributed by atoms with E-state index in [0.29, 0.717) is 17.0 Å². The molecule has 1 amide bonds. The molecule has 22 heavy (non-hydrogen) atoms. The van der Waals surface area contributed by atoms with Crippen molar-refractivity contribution >= 4 is 21.6 Å². The van der Waals surface area contributed by atoms with Crippen LogP contribution in [0.5, 0.6) is 5.75 Å². The summed E-state index contributed by atoms with van der Waals surface area (Å²) in [5, 5.41) is 2.89. The van der Waals surface area contributed by atoms with Crippen LogP contribution in [0.2, 0.25) is 0 Å². The molecular weight excluding hydrogens is 304 g/mol. The number of carbonyl (C=O) groups excluding carboxylic acids is 1. The van der Waals surface area contributed by atoms with E-state index in [4.69, 9.17) is 4.74 Å². The Labute approximate surface area is 132 Å². The van der Waals surface area contributed by atoms with Crippen LogP contribution in [0.4, 0.5) is 5.69 Å². The molecule has 1 N–H and O–H groups in total. The van der Waals surface area contributed by atoms with Gasteiger partial charge in [-0.15, -0.1) is 0 Å². The number of anilines is 1. The molecule has 1 atom stereocenters. The van der Waals surface area contributed by atoms with E-state index >= 15 is 0 Å². The van der Waals surface area contributed by atoms with E-state index in [1.54, 1.807) is 12.1 Å². The van der Waals surface area contributed by atoms with Gasteiger partial charge in [-0.25, -0.2) is 8.42 Å². The fourth-order valence-electron chi connectivity index (χ4n) is 2.07. The third-order valence-corrected chi connectivity index (χ3v) is 4.59. The molecule has 0 fully saturated rings. The van der Waals surface area contributed by atoms with Gasteiger partial charge in [0.1, 0.15) is 5.75 Å². The van der Waals surface area contributed by atoms with Gasteiger partial charge in [-0.1, -0.05) is 13.3 Å². The normalized spacial score (nSPS) is 12.6. The lowest BCUT2D eigenvalue weighted by atomic mass is 10.1. The summed E-state index contributed by atoms with van der Waals surface area (Å²) in [4.78, 5) is 12.4. The van der Waals surface area contributed by atoms with E-state index in [9.17, 15) is 13.2 Å². The molecule has 0 radical (unpaired) electrons. The van der Waals surface area contributed by atoms with Crippen molar-refractivity contribution in [3.05, 3.63) is 23.8 Å². The van der Waals surface area contributed by atoms with E-state index in [-0.39, 0.29) is 11.9 Å². The number of hydrogen-bond acceptors (Lipinski definition) is 4. The van der Waals surface area contributed by atoms with Crippen molar-refractivity contribution in [1.82, 2.24) is 5.32 Å². The minimum atomic E-state index is -3.39. The molecule has 0 unspecified atom stereocenters. The molecule has 0 spiro atoms. The van der Waals surface area contributed by atoms with Crippen LogP contribution in [0.3, 0.4) is 0 Å². The summed E-state index contributed by atoms with van der Waals surface area (Å²) in [5.41, 5.74) is 0.732. The third-order valence-electron chi connectivity index (χ3n) is 3.39. The zero-order valence-corrected chi connectivity index (χ0v) is 14.5. The summed E-state index contributed by atoms with van der Waals surface area (Å²) in [6.45, 7) is 3.98. The monoisotopic (exact) mass is 328 g/mol. The molecule has 0 aliphatic heterocycles. The summed E-state index contributed by atoms with van der Waals surface area (Å²) in [6, 6.07) is 4.76. The van der Waals surface area contributed by atoms with Crippen LogP contribution in [0.1, 0.15) is 37.0 Å². The lowest BCUT2D eigenvalue weighted by Gasteiger charge is -2.19. The third kappa shape index (κ3) is 4.62. The first-order chi connectivity index (χ1) is 10.2. The van der Waals surface area contributed by atoms with Crippen LogP contribution in [0, 0.1) is 0 Å². The predicted molar refractivity (Wildman–Crippen MR) is 88.1 cm³/mol. The number of carbonyl (C=O) groups is 1. The standard InChI is InChI=1S/C15H24N2O4S/c1-6-7-11(2)16-15(18)13-10-12(8-9-14(13)21-4)17(3)22(5,19)20/h8-11H,6-7H2,1-5H3,(H,16,18)/t11-/m1/s1. The van der Waals surface area contributed by atoms with E-state index in [0.717, 1.165) is 23.4 Å². The van der Waals surface area contributed by atoms with Gasteiger partial charge in [0.2, 0.25) is 10.0 Å². The molecule has 1 aromatic rings. The Kier molecular flexibility index (Phi) is 6.22. The first kappa shape index (κ1) is 18.3. The van der Waals surface area contributed by atoms with Crippen molar-refractivity contribution in [2.45, 2.75) is 32.7 Å². The quantitative estimate of drug-likeness (QED) is 0.831. The maximum Gasteiger partial charge on any atom is 0.255 e. The molecule has 0 bridgehead atoms. The van der Waals surface area contributed by atoms with Crippen LogP contribution in [-0.4, -0.2) is 40.8 Å². The molecule has 0 aliphatic rings.